The van der Waals surface area contributed by atoms with Crippen LogP contribution in [0.25, 0.3) is 0 Å². The first-order valence-electron chi connectivity index (χ1n) is 6.48. The highest BCUT2D eigenvalue weighted by molar-refractivity contribution is 7.89. The van der Waals surface area contributed by atoms with Gasteiger partial charge in [0.15, 0.2) is 0 Å². The van der Waals surface area contributed by atoms with Crippen molar-refractivity contribution < 1.29 is 17.9 Å². The van der Waals surface area contributed by atoms with Crippen LogP contribution in [0.2, 0.25) is 0 Å². The minimum Gasteiger partial charge on any atom is -0.368 e. The Labute approximate surface area is 118 Å². The predicted octanol–water partition coefficient (Wildman–Crippen LogP) is 0.519. The van der Waals surface area contributed by atoms with Crippen LogP contribution < -0.4 is 10.5 Å². The molecule has 1 atom stereocenters. The molecule has 0 aliphatic carbocycles. The first-order chi connectivity index (χ1) is 9.47. The van der Waals surface area contributed by atoms with Crippen molar-refractivity contribution in [2.75, 3.05) is 6.61 Å². The number of ether oxygens (including phenoxy) is 1. The molecule has 0 radical (unpaired) electrons. The van der Waals surface area contributed by atoms with Gasteiger partial charge < -0.3 is 10.1 Å². The lowest BCUT2D eigenvalue weighted by Gasteiger charge is -2.21. The highest BCUT2D eigenvalue weighted by atomic mass is 32.2. The zero-order valence-corrected chi connectivity index (χ0v) is 11.9. The smallest absolute Gasteiger partial charge is 0.249 e. The maximum atomic E-state index is 11.9. The van der Waals surface area contributed by atoms with Crippen LogP contribution in [0.15, 0.2) is 29.2 Å². The highest BCUT2D eigenvalue weighted by Crippen LogP contribution is 2.13. The summed E-state index contributed by atoms with van der Waals surface area (Å²) >= 11 is 0. The van der Waals surface area contributed by atoms with Gasteiger partial charge in [0.2, 0.25) is 15.9 Å². The second-order valence-corrected chi connectivity index (χ2v) is 6.33. The molecule has 0 bridgehead atoms. The van der Waals surface area contributed by atoms with E-state index in [4.69, 9.17) is 9.88 Å². The zero-order chi connectivity index (χ0) is 14.6. The summed E-state index contributed by atoms with van der Waals surface area (Å²) < 4.78 is 27.9. The molecule has 0 saturated carbocycles. The van der Waals surface area contributed by atoms with Gasteiger partial charge >= 0.3 is 0 Å². The van der Waals surface area contributed by atoms with Crippen LogP contribution in [0.4, 0.5) is 0 Å². The Morgan fingerprint density at radius 3 is 2.85 bits per heavy atom. The quantitative estimate of drug-likeness (QED) is 0.846. The van der Waals surface area contributed by atoms with Crippen LogP contribution in [-0.4, -0.2) is 27.0 Å². The van der Waals surface area contributed by atoms with Crippen molar-refractivity contribution >= 4 is 15.9 Å². The third-order valence-corrected chi connectivity index (χ3v) is 4.08. The summed E-state index contributed by atoms with van der Waals surface area (Å²) in [7, 11) is -3.72. The average molecular weight is 298 g/mol. The number of rotatable bonds is 4. The number of sulfonamides is 1. The van der Waals surface area contributed by atoms with Gasteiger partial charge in [0.1, 0.15) is 6.10 Å². The fraction of sp³-hybridized carbons (Fsp3) is 0.462. The first kappa shape index (κ1) is 15.0. The van der Waals surface area contributed by atoms with E-state index in [0.717, 1.165) is 19.3 Å². The molecular weight excluding hydrogens is 280 g/mol. The Morgan fingerprint density at radius 2 is 2.20 bits per heavy atom. The van der Waals surface area contributed by atoms with Gasteiger partial charge in [-0.15, -0.1) is 0 Å². The molecule has 1 aliphatic rings. The van der Waals surface area contributed by atoms with Crippen molar-refractivity contribution in [3.05, 3.63) is 29.8 Å². The van der Waals surface area contributed by atoms with Gasteiger partial charge in [-0.3, -0.25) is 4.79 Å². The molecule has 20 heavy (non-hydrogen) atoms. The minimum absolute atomic E-state index is 0.0400. The molecule has 1 aromatic rings. The fourth-order valence-corrected chi connectivity index (χ4v) is 2.67. The van der Waals surface area contributed by atoms with E-state index in [-0.39, 0.29) is 17.3 Å². The van der Waals surface area contributed by atoms with Crippen molar-refractivity contribution in [2.45, 2.75) is 36.8 Å². The molecule has 1 amide bonds. The van der Waals surface area contributed by atoms with E-state index < -0.39 is 16.1 Å². The lowest BCUT2D eigenvalue weighted by Crippen LogP contribution is -2.38. The summed E-state index contributed by atoms with van der Waals surface area (Å²) in [5, 5.41) is 7.81. The molecule has 1 fully saturated rings. The lowest BCUT2D eigenvalue weighted by molar-refractivity contribution is -0.135. The van der Waals surface area contributed by atoms with Gasteiger partial charge in [-0.2, -0.15) is 0 Å². The maximum Gasteiger partial charge on any atom is 0.249 e. The van der Waals surface area contributed by atoms with Gasteiger partial charge in [-0.05, 0) is 37.0 Å². The summed E-state index contributed by atoms with van der Waals surface area (Å²) in [5.41, 5.74) is 0.681. The second kappa shape index (κ2) is 6.34. The van der Waals surface area contributed by atoms with Crippen molar-refractivity contribution in [3.63, 3.8) is 0 Å². The molecular formula is C13H18N2O4S. The predicted molar refractivity (Wildman–Crippen MR) is 73.3 cm³/mol. The SMILES string of the molecule is NS(=O)(=O)c1cccc(CNC(=O)C2CCCCO2)c1. The van der Waals surface area contributed by atoms with E-state index >= 15 is 0 Å². The maximum absolute atomic E-state index is 11.9. The van der Waals surface area contributed by atoms with Crippen molar-refractivity contribution in [1.82, 2.24) is 5.32 Å². The van der Waals surface area contributed by atoms with Gasteiger partial charge in [0.05, 0.1) is 4.90 Å². The van der Waals surface area contributed by atoms with Crippen LogP contribution in [0.3, 0.4) is 0 Å². The normalized spacial score (nSPS) is 19.6. The molecule has 0 spiro atoms. The van der Waals surface area contributed by atoms with Gasteiger partial charge in [0, 0.05) is 13.2 Å². The monoisotopic (exact) mass is 298 g/mol. The molecule has 1 unspecified atom stereocenters. The number of primary sulfonamides is 1. The summed E-state index contributed by atoms with van der Waals surface area (Å²) in [6.07, 6.45) is 2.30. The number of carbonyl (C=O) groups is 1. The van der Waals surface area contributed by atoms with E-state index in [1.807, 2.05) is 0 Å². The van der Waals surface area contributed by atoms with Crippen LogP contribution in [0.5, 0.6) is 0 Å². The molecule has 1 heterocycles. The Morgan fingerprint density at radius 1 is 1.40 bits per heavy atom. The number of nitrogens with two attached hydrogens (primary N) is 1. The molecule has 3 N–H and O–H groups in total. The van der Waals surface area contributed by atoms with E-state index in [1.54, 1.807) is 12.1 Å². The van der Waals surface area contributed by atoms with Crippen LogP contribution in [-0.2, 0) is 26.1 Å². The largest absolute Gasteiger partial charge is 0.368 e. The molecule has 1 saturated heterocycles. The van der Waals surface area contributed by atoms with Crippen molar-refractivity contribution in [2.24, 2.45) is 5.14 Å². The lowest BCUT2D eigenvalue weighted by atomic mass is 10.1. The third-order valence-electron chi connectivity index (χ3n) is 3.17. The highest BCUT2D eigenvalue weighted by Gasteiger charge is 2.21. The Balaban J connectivity index is 1.95. The zero-order valence-electron chi connectivity index (χ0n) is 11.0. The van der Waals surface area contributed by atoms with Crippen molar-refractivity contribution in [1.29, 1.82) is 0 Å². The molecule has 6 nitrogen and oxygen atoms in total. The standard InChI is InChI=1S/C13H18N2O4S/c14-20(17,18)11-5-3-4-10(8-11)9-15-13(16)12-6-1-2-7-19-12/h3-5,8,12H,1-2,6-7,9H2,(H,15,16)(H2,14,17,18). The number of amides is 1. The number of hydrogen-bond donors (Lipinski definition) is 2. The van der Waals surface area contributed by atoms with Crippen LogP contribution >= 0.6 is 0 Å². The van der Waals surface area contributed by atoms with E-state index in [0.29, 0.717) is 12.2 Å². The van der Waals surface area contributed by atoms with E-state index in [1.165, 1.54) is 12.1 Å². The molecule has 1 aliphatic heterocycles. The van der Waals surface area contributed by atoms with Gasteiger partial charge in [-0.1, -0.05) is 12.1 Å². The second-order valence-electron chi connectivity index (χ2n) is 4.77. The summed E-state index contributed by atoms with van der Waals surface area (Å²) in [6, 6.07) is 6.21. The number of carbonyl (C=O) groups excluding carboxylic acids is 1. The summed E-state index contributed by atoms with van der Waals surface area (Å²) in [4.78, 5) is 11.9. The minimum atomic E-state index is -3.72. The Bertz CT molecular complexity index is 580. The van der Waals surface area contributed by atoms with E-state index in [9.17, 15) is 13.2 Å². The first-order valence-corrected chi connectivity index (χ1v) is 8.02. The molecule has 7 heteroatoms. The number of hydrogen-bond acceptors (Lipinski definition) is 4. The average Bonchev–Trinajstić information content (AvgIpc) is 2.45. The van der Waals surface area contributed by atoms with Crippen molar-refractivity contribution in [3.8, 4) is 0 Å². The topological polar surface area (TPSA) is 98.5 Å². The summed E-state index contributed by atoms with van der Waals surface area (Å²) in [6.45, 7) is 0.862. The van der Waals surface area contributed by atoms with Gasteiger partial charge in [0.25, 0.3) is 0 Å². The summed E-state index contributed by atoms with van der Waals surface area (Å²) in [5.74, 6) is -0.161. The molecule has 110 valence electrons. The van der Waals surface area contributed by atoms with Crippen LogP contribution in [0.1, 0.15) is 24.8 Å². The van der Waals surface area contributed by atoms with E-state index in [2.05, 4.69) is 5.32 Å². The molecule has 0 aromatic heterocycles. The number of nitrogens with one attached hydrogen (secondary N) is 1. The van der Waals surface area contributed by atoms with Crippen LogP contribution in [0, 0.1) is 0 Å². The third kappa shape index (κ3) is 4.03. The van der Waals surface area contributed by atoms with Gasteiger partial charge in [-0.25, -0.2) is 13.6 Å². The Hall–Kier alpha value is -1.44. The fourth-order valence-electron chi connectivity index (χ4n) is 2.08. The molecule has 2 rings (SSSR count). The number of benzene rings is 1. The Kier molecular flexibility index (Phi) is 4.74. The molecule has 1 aromatic carbocycles.